The molecule has 0 heterocycles. The van der Waals surface area contributed by atoms with Gasteiger partial charge in [-0.15, -0.1) is 0 Å². The van der Waals surface area contributed by atoms with E-state index in [9.17, 15) is 5.11 Å². The van der Waals surface area contributed by atoms with Crippen molar-refractivity contribution in [3.05, 3.63) is 23.8 Å². The van der Waals surface area contributed by atoms with Crippen molar-refractivity contribution < 1.29 is 9.84 Å². The molecule has 2 nitrogen and oxygen atoms in total. The molecule has 3 fully saturated rings. The summed E-state index contributed by atoms with van der Waals surface area (Å²) in [4.78, 5) is 0. The number of methoxy groups -OCH3 is 1. The molecule has 1 N–H and O–H groups in total. The normalized spacial score (nSPS) is 45.8. The molecular weight excluding hydrogens is 404 g/mol. The van der Waals surface area contributed by atoms with E-state index in [1.54, 1.807) is 7.11 Å². The first-order valence-corrected chi connectivity index (χ1v) is 13.8. The minimum atomic E-state index is -0.174. The van der Waals surface area contributed by atoms with Crippen LogP contribution >= 0.6 is 0 Å². The number of hydrogen-bond acceptors (Lipinski definition) is 2. The molecule has 3 saturated carbocycles. The Hall–Kier alpha value is -0.600. The first-order valence-electron chi connectivity index (χ1n) is 13.8. The highest BCUT2D eigenvalue weighted by atomic mass is 16.5. The number of rotatable bonds is 5. The monoisotopic (exact) mass is 456 g/mol. The summed E-state index contributed by atoms with van der Waals surface area (Å²) >= 11 is 0. The van der Waals surface area contributed by atoms with Crippen LogP contribution in [0.3, 0.4) is 0 Å². The molecule has 0 saturated heterocycles. The maximum atomic E-state index is 10.8. The smallest absolute Gasteiger partial charge is 0.0802 e. The van der Waals surface area contributed by atoms with Crippen LogP contribution < -0.4 is 0 Å². The van der Waals surface area contributed by atoms with Crippen LogP contribution in [-0.4, -0.2) is 23.9 Å². The van der Waals surface area contributed by atoms with Crippen LogP contribution in [0.5, 0.6) is 0 Å². The quantitative estimate of drug-likeness (QED) is 0.425. The molecule has 8 atom stereocenters. The summed E-state index contributed by atoms with van der Waals surface area (Å²) in [7, 11) is 1.80. The molecule has 0 aliphatic heterocycles. The van der Waals surface area contributed by atoms with Crippen LogP contribution in [0.4, 0.5) is 0 Å². The summed E-state index contributed by atoms with van der Waals surface area (Å²) in [6.07, 6.45) is 17.0. The predicted octanol–water partition coefficient (Wildman–Crippen LogP) is 7.96. The van der Waals surface area contributed by atoms with Crippen molar-refractivity contribution >= 4 is 0 Å². The fourth-order valence-electron chi connectivity index (χ4n) is 9.45. The Morgan fingerprint density at radius 3 is 2.45 bits per heavy atom. The average Bonchev–Trinajstić information content (AvgIpc) is 3.02. The second-order valence-corrected chi connectivity index (χ2v) is 14.2. The second kappa shape index (κ2) is 8.22. The minimum absolute atomic E-state index is 0.0196. The number of aliphatic hydroxyl groups excluding tert-OH is 1. The van der Waals surface area contributed by atoms with Crippen molar-refractivity contribution in [1.82, 2.24) is 0 Å². The van der Waals surface area contributed by atoms with Crippen molar-refractivity contribution in [2.45, 2.75) is 118 Å². The Bertz CT molecular complexity index is 806. The molecule has 0 unspecified atom stereocenters. The summed E-state index contributed by atoms with van der Waals surface area (Å²) in [5, 5.41) is 10.8. The predicted molar refractivity (Wildman–Crippen MR) is 139 cm³/mol. The van der Waals surface area contributed by atoms with E-state index in [1.807, 2.05) is 5.57 Å². The zero-order valence-corrected chi connectivity index (χ0v) is 23.1. The number of aliphatic hydroxyl groups is 1. The summed E-state index contributed by atoms with van der Waals surface area (Å²) in [5.41, 5.74) is 2.73. The fraction of sp³-hybridized carbons (Fsp3) is 0.871. The standard InChI is InChI=1S/C31H52O2/c1-21(11-10-17-27(2,3)33-9)22-14-19-31(8)24-12-13-25-28(4,5)26(32)16-18-29(25,6)23(24)15-20-30(22,31)7/h10,12,17,21-23,25-26,32H,11,13-16,18-20H2,1-9H3/b17-10+/t21-,22-,23-,25-,26-,29+,30-,31+/m0/s1. The molecule has 188 valence electrons. The molecule has 0 spiro atoms. The van der Waals surface area contributed by atoms with E-state index in [0.717, 1.165) is 25.2 Å². The molecule has 0 aromatic heterocycles. The number of fused-ring (bicyclic) bond motifs is 5. The Morgan fingerprint density at radius 2 is 1.79 bits per heavy atom. The summed E-state index contributed by atoms with van der Waals surface area (Å²) < 4.78 is 5.59. The maximum Gasteiger partial charge on any atom is 0.0802 e. The second-order valence-electron chi connectivity index (χ2n) is 14.2. The molecule has 4 aliphatic carbocycles. The lowest BCUT2D eigenvalue weighted by Crippen LogP contribution is -2.58. The fourth-order valence-corrected chi connectivity index (χ4v) is 9.45. The van der Waals surface area contributed by atoms with E-state index in [2.05, 4.69) is 73.6 Å². The maximum absolute atomic E-state index is 10.8. The lowest BCUT2D eigenvalue weighted by Gasteiger charge is -2.64. The molecular formula is C31H52O2. The van der Waals surface area contributed by atoms with Gasteiger partial charge < -0.3 is 9.84 Å². The van der Waals surface area contributed by atoms with Gasteiger partial charge in [0.2, 0.25) is 0 Å². The third-order valence-corrected chi connectivity index (χ3v) is 12.1. The van der Waals surface area contributed by atoms with E-state index in [4.69, 9.17) is 4.74 Å². The van der Waals surface area contributed by atoms with E-state index in [0.29, 0.717) is 34.0 Å². The molecule has 0 amide bonds. The van der Waals surface area contributed by atoms with Crippen molar-refractivity contribution in [1.29, 1.82) is 0 Å². The van der Waals surface area contributed by atoms with Crippen LogP contribution in [0.25, 0.3) is 0 Å². The van der Waals surface area contributed by atoms with Gasteiger partial charge >= 0.3 is 0 Å². The number of allylic oxidation sites excluding steroid dienone is 3. The van der Waals surface area contributed by atoms with Crippen LogP contribution in [0.1, 0.15) is 107 Å². The summed E-state index contributed by atoms with van der Waals surface area (Å²) in [5.74, 6) is 2.79. The molecule has 0 bridgehead atoms. The third-order valence-electron chi connectivity index (χ3n) is 12.1. The van der Waals surface area contributed by atoms with Crippen LogP contribution in [0, 0.1) is 45.3 Å². The topological polar surface area (TPSA) is 29.5 Å². The van der Waals surface area contributed by atoms with Crippen LogP contribution in [-0.2, 0) is 4.74 Å². The molecule has 4 rings (SSSR count). The van der Waals surface area contributed by atoms with Crippen molar-refractivity contribution in [2.24, 2.45) is 45.3 Å². The molecule has 0 aromatic carbocycles. The highest BCUT2D eigenvalue weighted by Crippen LogP contribution is 2.73. The van der Waals surface area contributed by atoms with E-state index < -0.39 is 0 Å². The van der Waals surface area contributed by atoms with Crippen molar-refractivity contribution in [2.75, 3.05) is 7.11 Å². The number of hydrogen-bond donors (Lipinski definition) is 1. The Balaban J connectivity index is 1.59. The van der Waals surface area contributed by atoms with Crippen LogP contribution in [0.2, 0.25) is 0 Å². The van der Waals surface area contributed by atoms with Crippen molar-refractivity contribution in [3.63, 3.8) is 0 Å². The lowest BCUT2D eigenvalue weighted by atomic mass is 9.41. The first-order chi connectivity index (χ1) is 15.2. The summed E-state index contributed by atoms with van der Waals surface area (Å²) in [6, 6.07) is 0. The highest BCUT2D eigenvalue weighted by Gasteiger charge is 2.65. The number of ether oxygens (including phenoxy) is 1. The van der Waals surface area contributed by atoms with Gasteiger partial charge in [0.15, 0.2) is 0 Å². The molecule has 0 aromatic rings. The van der Waals surface area contributed by atoms with Gasteiger partial charge in [-0.25, -0.2) is 0 Å². The molecule has 33 heavy (non-hydrogen) atoms. The Labute approximate surface area is 204 Å². The van der Waals surface area contributed by atoms with Gasteiger partial charge in [-0.05, 0) is 111 Å². The van der Waals surface area contributed by atoms with Gasteiger partial charge in [0.25, 0.3) is 0 Å². The highest BCUT2D eigenvalue weighted by molar-refractivity contribution is 5.33. The largest absolute Gasteiger partial charge is 0.393 e. The van der Waals surface area contributed by atoms with Gasteiger partial charge in [-0.2, -0.15) is 0 Å². The molecule has 2 heteroatoms. The van der Waals surface area contributed by atoms with Gasteiger partial charge in [0.05, 0.1) is 11.7 Å². The average molecular weight is 457 g/mol. The van der Waals surface area contributed by atoms with E-state index in [-0.39, 0.29) is 17.1 Å². The van der Waals surface area contributed by atoms with Gasteiger partial charge in [0.1, 0.15) is 0 Å². The van der Waals surface area contributed by atoms with Gasteiger partial charge in [-0.3, -0.25) is 0 Å². The molecule has 4 aliphatic rings. The minimum Gasteiger partial charge on any atom is -0.393 e. The first kappa shape index (κ1) is 25.5. The summed E-state index contributed by atoms with van der Waals surface area (Å²) in [6.45, 7) is 19.3. The Morgan fingerprint density at radius 1 is 1.09 bits per heavy atom. The zero-order valence-electron chi connectivity index (χ0n) is 23.1. The third kappa shape index (κ3) is 3.72. The lowest BCUT2D eigenvalue weighted by molar-refractivity contribution is -0.131. The van der Waals surface area contributed by atoms with Crippen LogP contribution in [0.15, 0.2) is 23.8 Å². The van der Waals surface area contributed by atoms with Gasteiger partial charge in [0, 0.05) is 7.11 Å². The van der Waals surface area contributed by atoms with Crippen molar-refractivity contribution in [3.8, 4) is 0 Å². The van der Waals surface area contributed by atoms with E-state index >= 15 is 0 Å². The van der Waals surface area contributed by atoms with E-state index in [1.165, 1.54) is 32.1 Å². The Kier molecular flexibility index (Phi) is 6.35. The molecule has 0 radical (unpaired) electrons. The SMILES string of the molecule is COC(C)(C)/C=C/C[C@H](C)[C@@H]1CC[C@]2(C)C3=CC[C@H]4C(C)(C)[C@@H](O)CC[C@]4(C)[C@H]3CC[C@@]12C. The van der Waals surface area contributed by atoms with Gasteiger partial charge in [-0.1, -0.05) is 65.3 Å². The zero-order chi connectivity index (χ0) is 24.4.